The van der Waals surface area contributed by atoms with Crippen LogP contribution >= 0.6 is 0 Å². The summed E-state index contributed by atoms with van der Waals surface area (Å²) in [6, 6.07) is 1.35. The highest BCUT2D eigenvalue weighted by atomic mass is 16.5. The van der Waals surface area contributed by atoms with Gasteiger partial charge in [0, 0.05) is 0 Å². The quantitative estimate of drug-likeness (QED) is 0.534. The fourth-order valence-corrected chi connectivity index (χ4v) is 2.53. The highest BCUT2D eigenvalue weighted by molar-refractivity contribution is 6.15. The van der Waals surface area contributed by atoms with Gasteiger partial charge in [-0.05, 0) is 24.5 Å². The van der Waals surface area contributed by atoms with E-state index in [0.717, 1.165) is 34.9 Å². The first-order valence-electron chi connectivity index (χ1n) is 7.90. The first-order valence-corrected chi connectivity index (χ1v) is 7.90. The Kier molecular flexibility index (Phi) is 7.77. The lowest BCUT2D eigenvalue weighted by atomic mass is 9.89. The molecule has 0 saturated heterocycles. The summed E-state index contributed by atoms with van der Waals surface area (Å²) in [5, 5.41) is 0. The predicted octanol–water partition coefficient (Wildman–Crippen LogP) is 2.18. The lowest BCUT2D eigenvalue weighted by Crippen LogP contribution is -2.24. The third kappa shape index (κ3) is 4.19. The predicted molar refractivity (Wildman–Crippen MR) is 90.4 cm³/mol. The van der Waals surface area contributed by atoms with Crippen molar-refractivity contribution in [1.29, 1.82) is 0 Å². The van der Waals surface area contributed by atoms with E-state index in [1.54, 1.807) is 0 Å². The zero-order chi connectivity index (χ0) is 19.9. The number of unbranched alkanes of at least 4 members (excludes halogenated alkanes) is 1. The molecule has 26 heavy (non-hydrogen) atoms. The van der Waals surface area contributed by atoms with Crippen molar-refractivity contribution in [3.63, 3.8) is 0 Å². The number of carbonyl (C=O) groups excluding carboxylic acids is 4. The molecule has 0 aromatic heterocycles. The molecule has 0 atom stereocenters. The zero-order valence-electron chi connectivity index (χ0n) is 15.5. The number of aryl methyl sites for hydroxylation is 1. The van der Waals surface area contributed by atoms with Gasteiger partial charge in [0.05, 0.1) is 50.7 Å². The number of hydrogen-bond donors (Lipinski definition) is 0. The van der Waals surface area contributed by atoms with Gasteiger partial charge in [0.1, 0.15) is 0 Å². The molecule has 0 aliphatic rings. The van der Waals surface area contributed by atoms with Gasteiger partial charge in [0.2, 0.25) is 0 Å². The molecule has 0 spiro atoms. The molecule has 8 nitrogen and oxygen atoms in total. The van der Waals surface area contributed by atoms with E-state index in [1.165, 1.54) is 6.07 Å². The van der Waals surface area contributed by atoms with Crippen molar-refractivity contribution in [1.82, 2.24) is 0 Å². The fourth-order valence-electron chi connectivity index (χ4n) is 2.53. The first kappa shape index (κ1) is 21.1. The summed E-state index contributed by atoms with van der Waals surface area (Å²) in [6.45, 7) is 1.95. The highest BCUT2D eigenvalue weighted by Crippen LogP contribution is 2.28. The van der Waals surface area contributed by atoms with Crippen molar-refractivity contribution in [3.8, 4) is 0 Å². The minimum absolute atomic E-state index is 0.124. The molecule has 0 heterocycles. The van der Waals surface area contributed by atoms with E-state index < -0.39 is 29.4 Å². The second-order valence-electron chi connectivity index (χ2n) is 5.28. The Hall–Kier alpha value is -2.90. The van der Waals surface area contributed by atoms with E-state index in [2.05, 4.69) is 4.74 Å². The van der Waals surface area contributed by atoms with E-state index in [-0.39, 0.29) is 16.7 Å². The standard InChI is InChI=1S/C18H22O8/c1-6-7-8-10-9-11(15(19)23-2)13(17(21)25-4)14(18(22)26-5)12(10)16(20)24-3/h9H,6-8H2,1-5H3. The molecule has 0 fully saturated rings. The number of benzene rings is 1. The molecule has 0 unspecified atom stereocenters. The van der Waals surface area contributed by atoms with E-state index in [0.29, 0.717) is 18.4 Å². The van der Waals surface area contributed by atoms with Crippen molar-refractivity contribution in [3.05, 3.63) is 33.9 Å². The van der Waals surface area contributed by atoms with E-state index in [9.17, 15) is 19.2 Å². The third-order valence-electron chi connectivity index (χ3n) is 3.78. The van der Waals surface area contributed by atoms with Gasteiger partial charge >= 0.3 is 23.9 Å². The molecule has 142 valence electrons. The summed E-state index contributed by atoms with van der Waals surface area (Å²) in [5.74, 6) is -3.60. The summed E-state index contributed by atoms with van der Waals surface area (Å²) in [4.78, 5) is 49.2. The summed E-state index contributed by atoms with van der Waals surface area (Å²) < 4.78 is 18.9. The van der Waals surface area contributed by atoms with Crippen LogP contribution in [-0.2, 0) is 25.4 Å². The average molecular weight is 366 g/mol. The fraction of sp³-hybridized carbons (Fsp3) is 0.444. The van der Waals surface area contributed by atoms with Crippen LogP contribution in [0.15, 0.2) is 6.07 Å². The van der Waals surface area contributed by atoms with Gasteiger partial charge in [0.25, 0.3) is 0 Å². The van der Waals surface area contributed by atoms with Crippen molar-refractivity contribution in [2.24, 2.45) is 0 Å². The highest BCUT2D eigenvalue weighted by Gasteiger charge is 2.34. The Labute approximate surface area is 151 Å². The monoisotopic (exact) mass is 366 g/mol. The van der Waals surface area contributed by atoms with Gasteiger partial charge in [-0.1, -0.05) is 13.3 Å². The zero-order valence-corrected chi connectivity index (χ0v) is 15.5. The van der Waals surface area contributed by atoms with Crippen LogP contribution in [0.25, 0.3) is 0 Å². The summed E-state index contributed by atoms with van der Waals surface area (Å²) in [5.41, 5.74) is -0.696. The molecule has 1 aromatic rings. The van der Waals surface area contributed by atoms with Gasteiger partial charge < -0.3 is 18.9 Å². The number of ether oxygens (including phenoxy) is 4. The normalized spacial score (nSPS) is 10.0. The molecular weight excluding hydrogens is 344 g/mol. The third-order valence-corrected chi connectivity index (χ3v) is 3.78. The molecule has 1 aromatic carbocycles. The van der Waals surface area contributed by atoms with E-state index in [4.69, 9.17) is 14.2 Å². The molecule has 0 N–H and O–H groups in total. The molecule has 1 rings (SSSR count). The lowest BCUT2D eigenvalue weighted by Gasteiger charge is -2.18. The number of methoxy groups -OCH3 is 4. The van der Waals surface area contributed by atoms with Gasteiger partial charge in [-0.15, -0.1) is 0 Å². The molecule has 0 amide bonds. The van der Waals surface area contributed by atoms with Gasteiger partial charge in [-0.25, -0.2) is 19.2 Å². The summed E-state index contributed by atoms with van der Waals surface area (Å²) in [7, 11) is 4.48. The lowest BCUT2D eigenvalue weighted by molar-refractivity contribution is 0.0520. The average Bonchev–Trinajstić information content (AvgIpc) is 2.68. The summed E-state index contributed by atoms with van der Waals surface area (Å²) in [6.07, 6.45) is 1.87. The van der Waals surface area contributed by atoms with Crippen LogP contribution in [0.5, 0.6) is 0 Å². The second-order valence-corrected chi connectivity index (χ2v) is 5.28. The van der Waals surface area contributed by atoms with Crippen LogP contribution in [0.2, 0.25) is 0 Å². The van der Waals surface area contributed by atoms with Crippen molar-refractivity contribution in [2.75, 3.05) is 28.4 Å². The van der Waals surface area contributed by atoms with Crippen LogP contribution < -0.4 is 0 Å². The first-order chi connectivity index (χ1) is 12.4. The maximum atomic E-state index is 12.4. The Morgan fingerprint density at radius 1 is 0.731 bits per heavy atom. The molecule has 0 aliphatic carbocycles. The van der Waals surface area contributed by atoms with E-state index in [1.807, 2.05) is 6.92 Å². The number of hydrogen-bond acceptors (Lipinski definition) is 8. The SMILES string of the molecule is CCCCc1cc(C(=O)OC)c(C(=O)OC)c(C(=O)OC)c1C(=O)OC. The van der Waals surface area contributed by atoms with E-state index >= 15 is 0 Å². The minimum atomic E-state index is -0.974. The number of esters is 4. The van der Waals surface area contributed by atoms with Gasteiger partial charge in [0.15, 0.2) is 0 Å². The van der Waals surface area contributed by atoms with Crippen LogP contribution in [0.1, 0.15) is 66.8 Å². The van der Waals surface area contributed by atoms with Crippen molar-refractivity contribution >= 4 is 23.9 Å². The van der Waals surface area contributed by atoms with Crippen molar-refractivity contribution < 1.29 is 38.1 Å². The Morgan fingerprint density at radius 2 is 1.19 bits per heavy atom. The van der Waals surface area contributed by atoms with Crippen LogP contribution in [0.4, 0.5) is 0 Å². The molecule has 0 saturated carbocycles. The second kappa shape index (κ2) is 9.55. The smallest absolute Gasteiger partial charge is 0.339 e. The topological polar surface area (TPSA) is 105 Å². The number of carbonyl (C=O) groups is 4. The van der Waals surface area contributed by atoms with Crippen LogP contribution in [0, 0.1) is 0 Å². The maximum Gasteiger partial charge on any atom is 0.339 e. The molecule has 0 bridgehead atoms. The molecule has 8 heteroatoms. The minimum Gasteiger partial charge on any atom is -0.465 e. The van der Waals surface area contributed by atoms with Gasteiger partial charge in [-0.3, -0.25) is 0 Å². The Bertz CT molecular complexity index is 720. The van der Waals surface area contributed by atoms with Crippen LogP contribution in [0.3, 0.4) is 0 Å². The largest absolute Gasteiger partial charge is 0.465 e. The van der Waals surface area contributed by atoms with Crippen LogP contribution in [-0.4, -0.2) is 52.3 Å². The molecular formula is C18H22O8. The van der Waals surface area contributed by atoms with Gasteiger partial charge in [-0.2, -0.15) is 0 Å². The molecule has 0 radical (unpaired) electrons. The number of rotatable bonds is 7. The summed E-state index contributed by atoms with van der Waals surface area (Å²) >= 11 is 0. The van der Waals surface area contributed by atoms with Crippen molar-refractivity contribution in [2.45, 2.75) is 26.2 Å². The Morgan fingerprint density at radius 3 is 1.65 bits per heavy atom. The molecule has 0 aliphatic heterocycles. The maximum absolute atomic E-state index is 12.4. The Balaban J connectivity index is 4.01.